The quantitative estimate of drug-likeness (QED) is 0.849. The normalized spacial score (nSPS) is 17.1. The minimum Gasteiger partial charge on any atom is -0.494 e. The van der Waals surface area contributed by atoms with E-state index in [1.165, 1.54) is 0 Å². The summed E-state index contributed by atoms with van der Waals surface area (Å²) in [6, 6.07) is 5.74. The van der Waals surface area contributed by atoms with E-state index in [1.54, 1.807) is 0 Å². The van der Waals surface area contributed by atoms with E-state index in [9.17, 15) is 9.59 Å². The van der Waals surface area contributed by atoms with Crippen LogP contribution in [-0.4, -0.2) is 36.4 Å². The standard InChI is InChI=1S/C17H22N2O3/c20-16-8-5-13-12-14(6-7-15(13)18-16)22-11-3-4-17(21)19-9-1-2-10-19/h6-7,12H,1-5,8-11H2,(H,18,20). The van der Waals surface area contributed by atoms with Crippen LogP contribution in [0.2, 0.25) is 0 Å². The lowest BCUT2D eigenvalue weighted by Crippen LogP contribution is -2.27. The van der Waals surface area contributed by atoms with E-state index in [2.05, 4.69) is 5.32 Å². The van der Waals surface area contributed by atoms with Crippen LogP contribution in [0, 0.1) is 0 Å². The Balaban J connectivity index is 1.44. The van der Waals surface area contributed by atoms with E-state index in [1.807, 2.05) is 23.1 Å². The van der Waals surface area contributed by atoms with Gasteiger partial charge >= 0.3 is 0 Å². The van der Waals surface area contributed by atoms with Crippen molar-refractivity contribution >= 4 is 17.5 Å². The van der Waals surface area contributed by atoms with Crippen LogP contribution in [0.5, 0.6) is 5.75 Å². The van der Waals surface area contributed by atoms with Gasteiger partial charge in [0.05, 0.1) is 6.61 Å². The van der Waals surface area contributed by atoms with Crippen molar-refractivity contribution < 1.29 is 14.3 Å². The summed E-state index contributed by atoms with van der Waals surface area (Å²) in [5.74, 6) is 1.12. The summed E-state index contributed by atoms with van der Waals surface area (Å²) in [5.41, 5.74) is 2.00. The Bertz CT molecular complexity index is 565. The molecule has 3 rings (SSSR count). The van der Waals surface area contributed by atoms with Gasteiger partial charge in [0.15, 0.2) is 0 Å². The van der Waals surface area contributed by atoms with E-state index in [-0.39, 0.29) is 11.8 Å². The fourth-order valence-electron chi connectivity index (χ4n) is 2.99. The van der Waals surface area contributed by atoms with Crippen molar-refractivity contribution in [1.82, 2.24) is 4.90 Å². The molecule has 0 radical (unpaired) electrons. The Kier molecular flexibility index (Phi) is 4.61. The van der Waals surface area contributed by atoms with Crippen molar-refractivity contribution in [2.75, 3.05) is 25.0 Å². The van der Waals surface area contributed by atoms with Gasteiger partial charge in [0.2, 0.25) is 11.8 Å². The maximum absolute atomic E-state index is 11.9. The largest absolute Gasteiger partial charge is 0.494 e. The number of hydrogen-bond donors (Lipinski definition) is 1. The summed E-state index contributed by atoms with van der Waals surface area (Å²) in [5, 5.41) is 2.86. The first-order chi connectivity index (χ1) is 10.7. The number of ether oxygens (including phenoxy) is 1. The Morgan fingerprint density at radius 1 is 1.23 bits per heavy atom. The highest BCUT2D eigenvalue weighted by molar-refractivity contribution is 5.94. The molecule has 1 fully saturated rings. The zero-order chi connectivity index (χ0) is 15.4. The molecule has 0 saturated carbocycles. The number of fused-ring (bicyclic) bond motifs is 1. The molecule has 2 amide bonds. The SMILES string of the molecule is O=C1CCc2cc(OCCCC(=O)N3CCCC3)ccc2N1. The van der Waals surface area contributed by atoms with Gasteiger partial charge in [0.1, 0.15) is 5.75 Å². The molecule has 1 aromatic carbocycles. The summed E-state index contributed by atoms with van der Waals surface area (Å²) in [6.07, 6.45) is 4.85. The van der Waals surface area contributed by atoms with Crippen LogP contribution in [-0.2, 0) is 16.0 Å². The Morgan fingerprint density at radius 3 is 2.86 bits per heavy atom. The van der Waals surface area contributed by atoms with E-state index in [0.29, 0.717) is 19.4 Å². The third-order valence-corrected chi connectivity index (χ3v) is 4.23. The number of likely N-dealkylation sites (tertiary alicyclic amines) is 1. The molecule has 118 valence electrons. The number of carbonyl (C=O) groups excluding carboxylic acids is 2. The Labute approximate surface area is 130 Å². The fourth-order valence-corrected chi connectivity index (χ4v) is 2.99. The summed E-state index contributed by atoms with van der Waals surface area (Å²) in [6.45, 7) is 2.37. The van der Waals surface area contributed by atoms with Crippen LogP contribution in [0.15, 0.2) is 18.2 Å². The highest BCUT2D eigenvalue weighted by Crippen LogP contribution is 2.26. The van der Waals surface area contributed by atoms with Gasteiger partial charge < -0.3 is 15.0 Å². The number of anilines is 1. The van der Waals surface area contributed by atoms with Gasteiger partial charge in [-0.15, -0.1) is 0 Å². The molecule has 0 atom stereocenters. The zero-order valence-electron chi connectivity index (χ0n) is 12.8. The first-order valence-electron chi connectivity index (χ1n) is 8.06. The molecule has 0 unspecified atom stereocenters. The molecule has 0 spiro atoms. The van der Waals surface area contributed by atoms with Crippen molar-refractivity contribution in [1.29, 1.82) is 0 Å². The maximum Gasteiger partial charge on any atom is 0.224 e. The number of nitrogens with one attached hydrogen (secondary N) is 1. The van der Waals surface area contributed by atoms with Crippen LogP contribution in [0.25, 0.3) is 0 Å². The van der Waals surface area contributed by atoms with Gasteiger partial charge in [-0.3, -0.25) is 9.59 Å². The molecule has 22 heavy (non-hydrogen) atoms. The van der Waals surface area contributed by atoms with Crippen molar-refractivity contribution in [3.8, 4) is 5.75 Å². The molecule has 1 saturated heterocycles. The summed E-state index contributed by atoms with van der Waals surface area (Å²) < 4.78 is 5.73. The molecule has 5 heteroatoms. The second-order valence-electron chi connectivity index (χ2n) is 5.91. The predicted octanol–water partition coefficient (Wildman–Crippen LogP) is 2.35. The van der Waals surface area contributed by atoms with E-state index < -0.39 is 0 Å². The Hall–Kier alpha value is -2.04. The maximum atomic E-state index is 11.9. The molecule has 2 heterocycles. The number of carbonyl (C=O) groups is 2. The third-order valence-electron chi connectivity index (χ3n) is 4.23. The van der Waals surface area contributed by atoms with Gasteiger partial charge in [-0.1, -0.05) is 0 Å². The molecular formula is C17H22N2O3. The lowest BCUT2D eigenvalue weighted by Gasteiger charge is -2.18. The highest BCUT2D eigenvalue weighted by atomic mass is 16.5. The molecule has 5 nitrogen and oxygen atoms in total. The minimum atomic E-state index is 0.0709. The van der Waals surface area contributed by atoms with Crippen LogP contribution in [0.1, 0.15) is 37.7 Å². The molecule has 0 bridgehead atoms. The van der Waals surface area contributed by atoms with Gasteiger partial charge in [-0.05, 0) is 49.4 Å². The zero-order valence-corrected chi connectivity index (χ0v) is 12.8. The molecule has 1 N–H and O–H groups in total. The number of nitrogens with zero attached hydrogens (tertiary/aromatic N) is 1. The van der Waals surface area contributed by atoms with E-state index in [0.717, 1.165) is 55.8 Å². The number of benzene rings is 1. The van der Waals surface area contributed by atoms with Gasteiger partial charge in [0.25, 0.3) is 0 Å². The smallest absolute Gasteiger partial charge is 0.224 e. The number of amides is 2. The monoisotopic (exact) mass is 302 g/mol. The average Bonchev–Trinajstić information content (AvgIpc) is 3.06. The summed E-state index contributed by atoms with van der Waals surface area (Å²) >= 11 is 0. The average molecular weight is 302 g/mol. The first kappa shape index (κ1) is 14.9. The lowest BCUT2D eigenvalue weighted by molar-refractivity contribution is -0.130. The summed E-state index contributed by atoms with van der Waals surface area (Å²) in [4.78, 5) is 25.2. The van der Waals surface area contributed by atoms with Gasteiger partial charge in [-0.2, -0.15) is 0 Å². The van der Waals surface area contributed by atoms with E-state index >= 15 is 0 Å². The molecule has 2 aliphatic rings. The first-order valence-corrected chi connectivity index (χ1v) is 8.06. The van der Waals surface area contributed by atoms with Crippen molar-refractivity contribution in [2.45, 2.75) is 38.5 Å². The van der Waals surface area contributed by atoms with Crippen molar-refractivity contribution in [3.05, 3.63) is 23.8 Å². The molecule has 0 aliphatic carbocycles. The fraction of sp³-hybridized carbons (Fsp3) is 0.529. The van der Waals surface area contributed by atoms with Gasteiger partial charge in [0, 0.05) is 31.6 Å². The highest BCUT2D eigenvalue weighted by Gasteiger charge is 2.17. The molecule has 0 aromatic heterocycles. The lowest BCUT2D eigenvalue weighted by atomic mass is 10.0. The van der Waals surface area contributed by atoms with Crippen molar-refractivity contribution in [3.63, 3.8) is 0 Å². The number of hydrogen-bond acceptors (Lipinski definition) is 3. The molecule has 1 aromatic rings. The second kappa shape index (κ2) is 6.81. The molecular weight excluding hydrogens is 280 g/mol. The van der Waals surface area contributed by atoms with E-state index in [4.69, 9.17) is 4.74 Å². The van der Waals surface area contributed by atoms with Crippen LogP contribution in [0.4, 0.5) is 5.69 Å². The van der Waals surface area contributed by atoms with Crippen LogP contribution in [0.3, 0.4) is 0 Å². The number of rotatable bonds is 5. The van der Waals surface area contributed by atoms with Gasteiger partial charge in [-0.25, -0.2) is 0 Å². The van der Waals surface area contributed by atoms with Crippen LogP contribution >= 0.6 is 0 Å². The molecule has 2 aliphatic heterocycles. The van der Waals surface area contributed by atoms with Crippen LogP contribution < -0.4 is 10.1 Å². The second-order valence-corrected chi connectivity index (χ2v) is 5.91. The minimum absolute atomic E-state index is 0.0709. The Morgan fingerprint density at radius 2 is 2.05 bits per heavy atom. The third kappa shape index (κ3) is 3.59. The predicted molar refractivity (Wildman–Crippen MR) is 83.9 cm³/mol. The number of aryl methyl sites for hydroxylation is 1. The van der Waals surface area contributed by atoms with Crippen molar-refractivity contribution in [2.24, 2.45) is 0 Å². The summed E-state index contributed by atoms with van der Waals surface area (Å²) in [7, 11) is 0. The topological polar surface area (TPSA) is 58.6 Å².